The van der Waals surface area contributed by atoms with Crippen LogP contribution in [0.4, 0.5) is 9.59 Å². The highest BCUT2D eigenvalue weighted by atomic mass is 16.6. The summed E-state index contributed by atoms with van der Waals surface area (Å²) in [5.74, 6) is -2.78. The minimum absolute atomic E-state index is 0.0400. The van der Waals surface area contributed by atoms with E-state index in [1.165, 1.54) is 9.80 Å². The zero-order valence-corrected chi connectivity index (χ0v) is 21.6. The Labute approximate surface area is 221 Å². The molecule has 4 atom stereocenters. The smallest absolute Gasteiger partial charge is 0.410 e. The molecule has 2 N–H and O–H groups in total. The zero-order valence-electron chi connectivity index (χ0n) is 21.6. The second kappa shape index (κ2) is 13.5. The van der Waals surface area contributed by atoms with Gasteiger partial charge in [0.2, 0.25) is 0 Å². The highest BCUT2D eigenvalue weighted by Crippen LogP contribution is 2.25. The van der Waals surface area contributed by atoms with Crippen LogP contribution in [0.1, 0.15) is 25.0 Å². The van der Waals surface area contributed by atoms with E-state index in [1.54, 1.807) is 0 Å². The van der Waals surface area contributed by atoms with Crippen molar-refractivity contribution in [3.05, 3.63) is 71.8 Å². The molecule has 38 heavy (non-hydrogen) atoms. The molecular weight excluding hydrogens is 492 g/mol. The van der Waals surface area contributed by atoms with Crippen LogP contribution >= 0.6 is 0 Å². The van der Waals surface area contributed by atoms with Crippen LogP contribution in [0.15, 0.2) is 60.7 Å². The summed E-state index contributed by atoms with van der Waals surface area (Å²) in [5, 5.41) is 18.0. The average Bonchev–Trinajstić information content (AvgIpc) is 3.50. The molecule has 10 nitrogen and oxygen atoms in total. The topological polar surface area (TPSA) is 134 Å². The molecule has 0 aromatic heterocycles. The third kappa shape index (κ3) is 7.96. The molecule has 0 radical (unpaired) electrons. The molecule has 0 unspecified atom stereocenters. The highest BCUT2D eigenvalue weighted by Gasteiger charge is 2.38. The molecule has 0 bridgehead atoms. The number of ether oxygens (including phenoxy) is 2. The molecule has 10 heteroatoms. The van der Waals surface area contributed by atoms with E-state index in [1.807, 2.05) is 74.5 Å². The van der Waals surface area contributed by atoms with Crippen LogP contribution in [-0.2, 0) is 32.3 Å². The first-order chi connectivity index (χ1) is 18.2. The Hall–Kier alpha value is -4.08. The van der Waals surface area contributed by atoms with Crippen molar-refractivity contribution >= 4 is 24.1 Å². The number of hydrogen-bond donors (Lipinski definition) is 2. The molecule has 2 aromatic carbocycles. The van der Waals surface area contributed by atoms with E-state index in [0.29, 0.717) is 13.1 Å². The van der Waals surface area contributed by atoms with Crippen LogP contribution in [0, 0.1) is 23.7 Å². The average molecular weight is 527 g/mol. The van der Waals surface area contributed by atoms with Crippen molar-refractivity contribution < 1.29 is 38.9 Å². The summed E-state index contributed by atoms with van der Waals surface area (Å²) in [6, 6.07) is 18.8. The summed E-state index contributed by atoms with van der Waals surface area (Å²) >= 11 is 0. The zero-order chi connectivity index (χ0) is 27.7. The van der Waals surface area contributed by atoms with Gasteiger partial charge in [-0.25, -0.2) is 9.59 Å². The molecule has 2 fully saturated rings. The lowest BCUT2D eigenvalue weighted by atomic mass is 9.99. The fraction of sp³-hybridized carbons (Fsp3) is 0.429. The van der Waals surface area contributed by atoms with Crippen LogP contribution in [0.3, 0.4) is 0 Å². The maximum atomic E-state index is 11.8. The molecule has 4 rings (SSSR count). The van der Waals surface area contributed by atoms with E-state index >= 15 is 0 Å². The summed E-state index contributed by atoms with van der Waals surface area (Å²) < 4.78 is 10.4. The molecule has 2 aliphatic rings. The number of carbonyl (C=O) groups excluding carboxylic acids is 2. The lowest BCUT2D eigenvalue weighted by Gasteiger charge is -2.15. The molecule has 2 aromatic rings. The SMILES string of the molecule is C[C@@H]1CN(C(=O)OCc2ccccc2)C[C@H]1C(=O)O.C[C@H]1CN(C(=O)OCc2ccccc2)C[C@@H]1C(=O)O. The summed E-state index contributed by atoms with van der Waals surface area (Å²) in [6.45, 7) is 5.42. The normalized spacial score (nSPS) is 22.3. The summed E-state index contributed by atoms with van der Waals surface area (Å²) in [4.78, 5) is 48.6. The molecule has 0 spiro atoms. The molecule has 2 saturated heterocycles. The Bertz CT molecular complexity index is 1010. The van der Waals surface area contributed by atoms with E-state index in [-0.39, 0.29) is 38.1 Å². The maximum absolute atomic E-state index is 11.8. The Balaban J connectivity index is 0.000000211. The van der Waals surface area contributed by atoms with Gasteiger partial charge in [-0.1, -0.05) is 74.5 Å². The van der Waals surface area contributed by atoms with Gasteiger partial charge in [0.1, 0.15) is 13.2 Å². The van der Waals surface area contributed by atoms with Crippen molar-refractivity contribution in [1.29, 1.82) is 0 Å². The van der Waals surface area contributed by atoms with Crippen molar-refractivity contribution in [1.82, 2.24) is 9.80 Å². The third-order valence-electron chi connectivity index (χ3n) is 6.79. The molecule has 2 heterocycles. The molecular formula is C28H34N2O8. The number of rotatable bonds is 6. The van der Waals surface area contributed by atoms with Crippen LogP contribution in [0.25, 0.3) is 0 Å². The Morgan fingerprint density at radius 1 is 0.658 bits per heavy atom. The number of carbonyl (C=O) groups is 4. The number of carboxylic acids is 2. The molecule has 2 aliphatic heterocycles. The quantitative estimate of drug-likeness (QED) is 0.578. The first kappa shape index (κ1) is 28.5. The van der Waals surface area contributed by atoms with E-state index in [2.05, 4.69) is 0 Å². The molecule has 0 saturated carbocycles. The van der Waals surface area contributed by atoms with Gasteiger partial charge in [0.25, 0.3) is 0 Å². The maximum Gasteiger partial charge on any atom is 0.410 e. The van der Waals surface area contributed by atoms with Crippen LogP contribution in [0.5, 0.6) is 0 Å². The lowest BCUT2D eigenvalue weighted by molar-refractivity contribution is -0.143. The van der Waals surface area contributed by atoms with Gasteiger partial charge in [-0.05, 0) is 23.0 Å². The first-order valence-corrected chi connectivity index (χ1v) is 12.5. The second-order valence-corrected chi connectivity index (χ2v) is 9.73. The largest absolute Gasteiger partial charge is 0.481 e. The second-order valence-electron chi connectivity index (χ2n) is 9.73. The van der Waals surface area contributed by atoms with Gasteiger partial charge in [-0.3, -0.25) is 9.59 Å². The van der Waals surface area contributed by atoms with Crippen molar-refractivity contribution in [3.8, 4) is 0 Å². The Morgan fingerprint density at radius 3 is 1.29 bits per heavy atom. The standard InChI is InChI=1S/2C14H17NO4/c2*1-10-7-15(8-12(10)13(16)17)14(18)19-9-11-5-3-2-4-6-11/h2*2-6,10,12H,7-9H2,1H3,(H,16,17)/t2*10-,12-/m10/s1. The number of likely N-dealkylation sites (tertiary alicyclic amines) is 2. The van der Waals surface area contributed by atoms with Gasteiger partial charge in [0.05, 0.1) is 11.8 Å². The van der Waals surface area contributed by atoms with Gasteiger partial charge < -0.3 is 29.5 Å². The minimum Gasteiger partial charge on any atom is -0.481 e. The number of amides is 2. The van der Waals surface area contributed by atoms with Gasteiger partial charge in [-0.2, -0.15) is 0 Å². The van der Waals surface area contributed by atoms with E-state index in [9.17, 15) is 19.2 Å². The number of nitrogens with zero attached hydrogens (tertiary/aromatic N) is 2. The predicted octanol–water partition coefficient (Wildman–Crippen LogP) is 3.95. The Morgan fingerprint density at radius 2 is 1.00 bits per heavy atom. The number of hydrogen-bond acceptors (Lipinski definition) is 6. The minimum atomic E-state index is -0.856. The number of aliphatic carboxylic acids is 2. The van der Waals surface area contributed by atoms with Crippen molar-refractivity contribution in [2.75, 3.05) is 26.2 Å². The van der Waals surface area contributed by atoms with E-state index in [0.717, 1.165) is 11.1 Å². The van der Waals surface area contributed by atoms with Gasteiger partial charge in [0.15, 0.2) is 0 Å². The first-order valence-electron chi connectivity index (χ1n) is 12.5. The summed E-state index contributed by atoms with van der Waals surface area (Å²) in [5.41, 5.74) is 1.83. The van der Waals surface area contributed by atoms with Crippen molar-refractivity contribution in [2.45, 2.75) is 27.1 Å². The molecule has 2 amide bonds. The summed E-state index contributed by atoms with van der Waals surface area (Å²) in [7, 11) is 0. The fourth-order valence-electron chi connectivity index (χ4n) is 4.50. The van der Waals surface area contributed by atoms with E-state index in [4.69, 9.17) is 19.7 Å². The number of carboxylic acid groups (broad SMARTS) is 2. The van der Waals surface area contributed by atoms with Gasteiger partial charge in [-0.15, -0.1) is 0 Å². The highest BCUT2D eigenvalue weighted by molar-refractivity contribution is 5.75. The van der Waals surface area contributed by atoms with Gasteiger partial charge >= 0.3 is 24.1 Å². The van der Waals surface area contributed by atoms with E-state index < -0.39 is 36.0 Å². The van der Waals surface area contributed by atoms with Crippen molar-refractivity contribution in [2.24, 2.45) is 23.7 Å². The third-order valence-corrected chi connectivity index (χ3v) is 6.79. The molecule has 0 aliphatic carbocycles. The molecule has 204 valence electrons. The van der Waals surface area contributed by atoms with Crippen LogP contribution in [0.2, 0.25) is 0 Å². The lowest BCUT2D eigenvalue weighted by Crippen LogP contribution is -2.30. The predicted molar refractivity (Wildman–Crippen MR) is 137 cm³/mol. The van der Waals surface area contributed by atoms with Crippen LogP contribution < -0.4 is 0 Å². The van der Waals surface area contributed by atoms with Crippen molar-refractivity contribution in [3.63, 3.8) is 0 Å². The van der Waals surface area contributed by atoms with Crippen LogP contribution in [-0.4, -0.2) is 70.3 Å². The van der Waals surface area contributed by atoms with Gasteiger partial charge in [0, 0.05) is 26.2 Å². The monoisotopic (exact) mass is 526 g/mol. The number of benzene rings is 2. The Kier molecular flexibility index (Phi) is 10.1. The fourth-order valence-corrected chi connectivity index (χ4v) is 4.50. The summed E-state index contributed by atoms with van der Waals surface area (Å²) in [6.07, 6.45) is -0.890.